The van der Waals surface area contributed by atoms with Crippen molar-refractivity contribution in [3.8, 4) is 0 Å². The van der Waals surface area contributed by atoms with Crippen LogP contribution in [0.4, 0.5) is 11.6 Å². The van der Waals surface area contributed by atoms with Gasteiger partial charge >= 0.3 is 0 Å². The third-order valence-electron chi connectivity index (χ3n) is 4.77. The Balaban J connectivity index is 1.38. The van der Waals surface area contributed by atoms with Crippen LogP contribution < -0.4 is 15.5 Å². The SMILES string of the molecule is Cc1cccc(NC(=S)NCCN2CCN(c3ncccn3)CC2)c1C. The first-order valence-electron chi connectivity index (χ1n) is 8.99. The van der Waals surface area contributed by atoms with E-state index in [9.17, 15) is 0 Å². The highest BCUT2D eigenvalue weighted by atomic mass is 32.1. The minimum absolute atomic E-state index is 0.676. The number of piperazine rings is 1. The molecule has 0 aliphatic carbocycles. The fraction of sp³-hybridized carbons (Fsp3) is 0.421. The van der Waals surface area contributed by atoms with Crippen molar-refractivity contribution in [1.82, 2.24) is 20.2 Å². The molecule has 0 radical (unpaired) electrons. The molecule has 0 spiro atoms. The van der Waals surface area contributed by atoms with E-state index in [1.807, 2.05) is 12.1 Å². The van der Waals surface area contributed by atoms with Crippen LogP contribution >= 0.6 is 12.2 Å². The van der Waals surface area contributed by atoms with Crippen LogP contribution in [0.3, 0.4) is 0 Å². The van der Waals surface area contributed by atoms with Crippen LogP contribution in [-0.2, 0) is 0 Å². The van der Waals surface area contributed by atoms with Gasteiger partial charge in [-0.05, 0) is 49.3 Å². The molecule has 0 unspecified atom stereocenters. The Bertz CT molecular complexity index is 728. The summed E-state index contributed by atoms with van der Waals surface area (Å²) >= 11 is 5.42. The number of nitrogens with zero attached hydrogens (tertiary/aromatic N) is 4. The lowest BCUT2D eigenvalue weighted by atomic mass is 10.1. The average Bonchev–Trinajstić information content (AvgIpc) is 2.67. The zero-order valence-corrected chi connectivity index (χ0v) is 16.2. The van der Waals surface area contributed by atoms with Crippen LogP contribution in [0.2, 0.25) is 0 Å². The zero-order chi connectivity index (χ0) is 18.4. The molecule has 1 aromatic heterocycles. The van der Waals surface area contributed by atoms with Crippen molar-refractivity contribution in [2.45, 2.75) is 13.8 Å². The number of anilines is 2. The molecule has 2 aromatic rings. The van der Waals surface area contributed by atoms with E-state index in [-0.39, 0.29) is 0 Å². The molecular weight excluding hydrogens is 344 g/mol. The van der Waals surface area contributed by atoms with Gasteiger partial charge in [-0.3, -0.25) is 4.90 Å². The monoisotopic (exact) mass is 370 g/mol. The van der Waals surface area contributed by atoms with Crippen LogP contribution in [0.5, 0.6) is 0 Å². The molecule has 1 aliphatic heterocycles. The first-order chi connectivity index (χ1) is 12.6. The van der Waals surface area contributed by atoms with E-state index in [1.165, 1.54) is 11.1 Å². The largest absolute Gasteiger partial charge is 0.361 e. The third-order valence-corrected chi connectivity index (χ3v) is 5.02. The fourth-order valence-electron chi connectivity index (χ4n) is 3.01. The first kappa shape index (κ1) is 18.5. The number of aromatic nitrogens is 2. The molecule has 0 bridgehead atoms. The van der Waals surface area contributed by atoms with Gasteiger partial charge in [0.15, 0.2) is 5.11 Å². The maximum absolute atomic E-state index is 5.42. The lowest BCUT2D eigenvalue weighted by molar-refractivity contribution is 0.260. The number of nitrogens with one attached hydrogen (secondary N) is 2. The number of thiocarbonyl (C=S) groups is 1. The van der Waals surface area contributed by atoms with Crippen LogP contribution in [-0.4, -0.2) is 59.2 Å². The Morgan fingerprint density at radius 1 is 1.08 bits per heavy atom. The molecule has 138 valence electrons. The molecule has 1 aromatic carbocycles. The molecule has 0 saturated carbocycles. The van der Waals surface area contributed by atoms with Crippen LogP contribution in [0.1, 0.15) is 11.1 Å². The van der Waals surface area contributed by atoms with Crippen molar-refractivity contribution < 1.29 is 0 Å². The van der Waals surface area contributed by atoms with Gasteiger partial charge in [0, 0.05) is 57.3 Å². The van der Waals surface area contributed by atoms with Gasteiger partial charge in [0.2, 0.25) is 5.95 Å². The molecule has 0 amide bonds. The molecule has 2 heterocycles. The molecule has 0 atom stereocenters. The highest BCUT2D eigenvalue weighted by molar-refractivity contribution is 7.80. The Morgan fingerprint density at radius 3 is 2.54 bits per heavy atom. The van der Waals surface area contributed by atoms with Gasteiger partial charge in [0.05, 0.1) is 0 Å². The molecule has 2 N–H and O–H groups in total. The second-order valence-electron chi connectivity index (χ2n) is 6.51. The van der Waals surface area contributed by atoms with Crippen LogP contribution in [0, 0.1) is 13.8 Å². The predicted molar refractivity (Wildman–Crippen MR) is 111 cm³/mol. The molecule has 7 heteroatoms. The summed E-state index contributed by atoms with van der Waals surface area (Å²) < 4.78 is 0. The van der Waals surface area contributed by atoms with E-state index >= 15 is 0 Å². The molecule has 26 heavy (non-hydrogen) atoms. The fourth-order valence-corrected chi connectivity index (χ4v) is 3.22. The minimum atomic E-state index is 0.676. The molecule has 3 rings (SSSR count). The normalized spacial score (nSPS) is 14.9. The number of aryl methyl sites for hydroxylation is 1. The topological polar surface area (TPSA) is 56.3 Å². The van der Waals surface area contributed by atoms with Crippen molar-refractivity contribution in [2.24, 2.45) is 0 Å². The van der Waals surface area contributed by atoms with E-state index in [4.69, 9.17) is 12.2 Å². The van der Waals surface area contributed by atoms with Gasteiger partial charge in [0.25, 0.3) is 0 Å². The highest BCUT2D eigenvalue weighted by Crippen LogP contribution is 2.17. The molecule has 1 aliphatic rings. The van der Waals surface area contributed by atoms with Gasteiger partial charge in [-0.15, -0.1) is 0 Å². The van der Waals surface area contributed by atoms with E-state index in [0.29, 0.717) is 5.11 Å². The third kappa shape index (κ3) is 4.89. The summed E-state index contributed by atoms with van der Waals surface area (Å²) in [5.41, 5.74) is 3.56. The smallest absolute Gasteiger partial charge is 0.225 e. The second-order valence-corrected chi connectivity index (χ2v) is 6.91. The summed E-state index contributed by atoms with van der Waals surface area (Å²) in [6.45, 7) is 9.95. The van der Waals surface area contributed by atoms with Gasteiger partial charge in [0.1, 0.15) is 0 Å². The maximum atomic E-state index is 5.42. The van der Waals surface area contributed by atoms with E-state index in [1.54, 1.807) is 12.4 Å². The summed E-state index contributed by atoms with van der Waals surface area (Å²) in [4.78, 5) is 13.3. The quantitative estimate of drug-likeness (QED) is 0.783. The summed E-state index contributed by atoms with van der Waals surface area (Å²) in [6.07, 6.45) is 3.59. The van der Waals surface area contributed by atoms with Crippen LogP contribution in [0.25, 0.3) is 0 Å². The van der Waals surface area contributed by atoms with Crippen molar-refractivity contribution in [3.63, 3.8) is 0 Å². The van der Waals surface area contributed by atoms with Crippen molar-refractivity contribution in [2.75, 3.05) is 49.5 Å². The minimum Gasteiger partial charge on any atom is -0.361 e. The summed E-state index contributed by atoms with van der Waals surface area (Å²) in [7, 11) is 0. The Morgan fingerprint density at radius 2 is 1.81 bits per heavy atom. The van der Waals surface area contributed by atoms with E-state index in [0.717, 1.165) is 50.9 Å². The number of hydrogen-bond donors (Lipinski definition) is 2. The van der Waals surface area contributed by atoms with Crippen molar-refractivity contribution in [1.29, 1.82) is 0 Å². The lowest BCUT2D eigenvalue weighted by Gasteiger charge is -2.34. The lowest BCUT2D eigenvalue weighted by Crippen LogP contribution is -2.49. The number of benzene rings is 1. The maximum Gasteiger partial charge on any atom is 0.225 e. The van der Waals surface area contributed by atoms with Gasteiger partial charge in [-0.1, -0.05) is 12.1 Å². The first-order valence-corrected chi connectivity index (χ1v) is 9.39. The highest BCUT2D eigenvalue weighted by Gasteiger charge is 2.18. The van der Waals surface area contributed by atoms with E-state index < -0.39 is 0 Å². The second kappa shape index (κ2) is 8.91. The van der Waals surface area contributed by atoms with Crippen molar-refractivity contribution in [3.05, 3.63) is 47.8 Å². The Hall–Kier alpha value is -2.25. The summed E-state index contributed by atoms with van der Waals surface area (Å²) in [5, 5.41) is 7.28. The predicted octanol–water partition coefficient (Wildman–Crippen LogP) is 2.20. The Labute approximate surface area is 160 Å². The van der Waals surface area contributed by atoms with Gasteiger partial charge in [-0.25, -0.2) is 9.97 Å². The zero-order valence-electron chi connectivity index (χ0n) is 15.4. The van der Waals surface area contributed by atoms with Crippen LogP contribution in [0.15, 0.2) is 36.7 Å². The number of rotatable bonds is 5. The molecular formula is C19H26N6S. The summed E-state index contributed by atoms with van der Waals surface area (Å²) in [5.74, 6) is 0.823. The number of hydrogen-bond acceptors (Lipinski definition) is 5. The van der Waals surface area contributed by atoms with E-state index in [2.05, 4.69) is 56.4 Å². The molecule has 1 fully saturated rings. The molecule has 1 saturated heterocycles. The summed E-state index contributed by atoms with van der Waals surface area (Å²) in [6, 6.07) is 8.06. The average molecular weight is 371 g/mol. The van der Waals surface area contributed by atoms with Gasteiger partial charge < -0.3 is 15.5 Å². The molecule has 6 nitrogen and oxygen atoms in total. The Kier molecular flexibility index (Phi) is 6.35. The van der Waals surface area contributed by atoms with Gasteiger partial charge in [-0.2, -0.15) is 0 Å². The standard InChI is InChI=1S/C19H26N6S/c1-15-5-3-6-17(16(15)2)23-19(26)22-9-10-24-11-13-25(14-12-24)18-20-7-4-8-21-18/h3-8H,9-14H2,1-2H3,(H2,22,23,26). The van der Waals surface area contributed by atoms with Crippen molar-refractivity contribution >= 4 is 29.0 Å².